The molecule has 0 spiro atoms. The summed E-state index contributed by atoms with van der Waals surface area (Å²) in [5.74, 6) is -1.29. The van der Waals surface area contributed by atoms with E-state index in [1.54, 1.807) is 12.1 Å². The van der Waals surface area contributed by atoms with Crippen molar-refractivity contribution in [1.82, 2.24) is 5.32 Å². The second-order valence-electron chi connectivity index (χ2n) is 4.19. The van der Waals surface area contributed by atoms with E-state index in [1.165, 1.54) is 12.1 Å². The van der Waals surface area contributed by atoms with Gasteiger partial charge >= 0.3 is 5.97 Å². The van der Waals surface area contributed by atoms with Crippen LogP contribution in [0.5, 0.6) is 0 Å². The first-order valence-electron chi connectivity index (χ1n) is 5.84. The van der Waals surface area contributed by atoms with Crippen molar-refractivity contribution in [3.63, 3.8) is 0 Å². The monoisotopic (exact) mass is 293 g/mol. The average molecular weight is 294 g/mol. The number of aromatic carboxylic acids is 1. The molecule has 2 rings (SSSR count). The molecule has 0 radical (unpaired) electrons. The maximum atomic E-state index is 12.0. The minimum Gasteiger partial charge on any atom is -0.475 e. The van der Waals surface area contributed by atoms with Crippen LogP contribution in [0.4, 0.5) is 0 Å². The van der Waals surface area contributed by atoms with Gasteiger partial charge in [-0.05, 0) is 30.7 Å². The van der Waals surface area contributed by atoms with Gasteiger partial charge < -0.3 is 14.8 Å². The quantitative estimate of drug-likeness (QED) is 0.908. The predicted octanol–water partition coefficient (Wildman–Crippen LogP) is 2.87. The number of rotatable bonds is 4. The standard InChI is InChI=1S/C14H12ClNO4/c1-8-3-2-4-10(12(8)15)13(17)16-7-9-5-6-11(20-9)14(18)19/h2-6H,7H2,1H3,(H,16,17)(H,18,19). The van der Waals surface area contributed by atoms with E-state index in [0.29, 0.717) is 16.3 Å². The minimum absolute atomic E-state index is 0.0936. The largest absolute Gasteiger partial charge is 0.475 e. The van der Waals surface area contributed by atoms with Crippen LogP contribution < -0.4 is 5.32 Å². The van der Waals surface area contributed by atoms with Crippen molar-refractivity contribution >= 4 is 23.5 Å². The van der Waals surface area contributed by atoms with Crippen LogP contribution in [-0.4, -0.2) is 17.0 Å². The third-order valence-electron chi connectivity index (χ3n) is 2.73. The third kappa shape index (κ3) is 3.00. The molecule has 0 unspecified atom stereocenters. The van der Waals surface area contributed by atoms with Crippen LogP contribution in [0.1, 0.15) is 32.2 Å². The highest BCUT2D eigenvalue weighted by Gasteiger charge is 2.13. The van der Waals surface area contributed by atoms with Crippen LogP contribution in [0.25, 0.3) is 0 Å². The average Bonchev–Trinajstić information content (AvgIpc) is 2.88. The molecule has 0 aliphatic carbocycles. The number of carboxylic acids is 1. The van der Waals surface area contributed by atoms with E-state index in [-0.39, 0.29) is 18.2 Å². The van der Waals surface area contributed by atoms with Gasteiger partial charge in [0, 0.05) is 0 Å². The smallest absolute Gasteiger partial charge is 0.371 e. The number of carboxylic acid groups (broad SMARTS) is 1. The van der Waals surface area contributed by atoms with Gasteiger partial charge in [-0.25, -0.2) is 4.79 Å². The molecule has 0 aliphatic rings. The summed E-state index contributed by atoms with van der Waals surface area (Å²) in [6.07, 6.45) is 0. The fourth-order valence-electron chi connectivity index (χ4n) is 1.67. The Hall–Kier alpha value is -2.27. The molecular weight excluding hydrogens is 282 g/mol. The Kier molecular flexibility index (Phi) is 4.10. The number of carbonyl (C=O) groups excluding carboxylic acids is 1. The number of amides is 1. The molecule has 104 valence electrons. The first-order chi connectivity index (χ1) is 9.49. The number of carbonyl (C=O) groups is 2. The predicted molar refractivity (Wildman–Crippen MR) is 73.0 cm³/mol. The van der Waals surface area contributed by atoms with Crippen molar-refractivity contribution in [2.45, 2.75) is 13.5 Å². The van der Waals surface area contributed by atoms with Crippen LogP contribution in [0, 0.1) is 6.92 Å². The number of hydrogen-bond donors (Lipinski definition) is 2. The number of nitrogens with one attached hydrogen (secondary N) is 1. The lowest BCUT2D eigenvalue weighted by Gasteiger charge is -2.07. The SMILES string of the molecule is Cc1cccc(C(=O)NCc2ccc(C(=O)O)o2)c1Cl. The van der Waals surface area contributed by atoms with Gasteiger partial charge in [-0.3, -0.25) is 4.79 Å². The summed E-state index contributed by atoms with van der Waals surface area (Å²) in [5, 5.41) is 11.7. The molecule has 1 amide bonds. The highest BCUT2D eigenvalue weighted by atomic mass is 35.5. The summed E-state index contributed by atoms with van der Waals surface area (Å²) < 4.78 is 5.04. The maximum absolute atomic E-state index is 12.0. The van der Waals surface area contributed by atoms with Gasteiger partial charge in [-0.2, -0.15) is 0 Å². The Morgan fingerprint density at radius 1 is 1.30 bits per heavy atom. The summed E-state index contributed by atoms with van der Waals surface area (Å²) in [6.45, 7) is 1.90. The number of aryl methyl sites for hydroxylation is 1. The Bertz CT molecular complexity index is 663. The van der Waals surface area contributed by atoms with Gasteiger partial charge in [0.1, 0.15) is 5.76 Å². The highest BCUT2D eigenvalue weighted by molar-refractivity contribution is 6.34. The van der Waals surface area contributed by atoms with Crippen molar-refractivity contribution in [2.24, 2.45) is 0 Å². The molecule has 0 atom stereocenters. The lowest BCUT2D eigenvalue weighted by molar-refractivity contribution is 0.0660. The fraction of sp³-hybridized carbons (Fsp3) is 0.143. The van der Waals surface area contributed by atoms with Crippen LogP contribution in [0.2, 0.25) is 5.02 Å². The summed E-state index contributed by atoms with van der Waals surface area (Å²) in [6, 6.07) is 8.01. The molecule has 20 heavy (non-hydrogen) atoms. The second kappa shape index (κ2) is 5.79. The first-order valence-corrected chi connectivity index (χ1v) is 6.22. The summed E-state index contributed by atoms with van der Waals surface area (Å²) >= 11 is 6.05. The van der Waals surface area contributed by atoms with E-state index in [1.807, 2.05) is 13.0 Å². The zero-order valence-corrected chi connectivity index (χ0v) is 11.4. The van der Waals surface area contributed by atoms with Crippen molar-refractivity contribution < 1.29 is 19.1 Å². The molecule has 0 bridgehead atoms. The van der Waals surface area contributed by atoms with Gasteiger partial charge in [-0.15, -0.1) is 0 Å². The van der Waals surface area contributed by atoms with E-state index in [2.05, 4.69) is 5.32 Å². The molecule has 5 nitrogen and oxygen atoms in total. The minimum atomic E-state index is -1.15. The normalized spacial score (nSPS) is 10.3. The van der Waals surface area contributed by atoms with E-state index in [0.717, 1.165) is 5.56 Å². The molecule has 2 aromatic rings. The summed E-state index contributed by atoms with van der Waals surface area (Å²) in [7, 11) is 0. The second-order valence-corrected chi connectivity index (χ2v) is 4.57. The van der Waals surface area contributed by atoms with E-state index in [9.17, 15) is 9.59 Å². The fourth-order valence-corrected chi connectivity index (χ4v) is 1.89. The molecule has 6 heteroatoms. The van der Waals surface area contributed by atoms with E-state index in [4.69, 9.17) is 21.1 Å². The number of hydrogen-bond acceptors (Lipinski definition) is 3. The highest BCUT2D eigenvalue weighted by Crippen LogP contribution is 2.20. The Morgan fingerprint density at radius 2 is 2.05 bits per heavy atom. The van der Waals surface area contributed by atoms with Gasteiger partial charge in [0.05, 0.1) is 17.1 Å². The topological polar surface area (TPSA) is 79.5 Å². The van der Waals surface area contributed by atoms with Crippen molar-refractivity contribution in [1.29, 1.82) is 0 Å². The molecule has 0 saturated carbocycles. The van der Waals surface area contributed by atoms with Crippen molar-refractivity contribution in [3.05, 3.63) is 58.0 Å². The van der Waals surface area contributed by atoms with Crippen molar-refractivity contribution in [2.75, 3.05) is 0 Å². The Balaban J connectivity index is 2.05. The number of benzene rings is 1. The molecule has 1 heterocycles. The van der Waals surface area contributed by atoms with Crippen LogP contribution in [0.15, 0.2) is 34.7 Å². The molecule has 2 N–H and O–H groups in total. The lowest BCUT2D eigenvalue weighted by atomic mass is 10.1. The van der Waals surface area contributed by atoms with Gasteiger partial charge in [0.15, 0.2) is 0 Å². The Morgan fingerprint density at radius 3 is 2.70 bits per heavy atom. The van der Waals surface area contributed by atoms with Crippen LogP contribution >= 0.6 is 11.6 Å². The number of furan rings is 1. The summed E-state index contributed by atoms with van der Waals surface area (Å²) in [4.78, 5) is 22.6. The van der Waals surface area contributed by atoms with E-state index >= 15 is 0 Å². The molecule has 1 aromatic heterocycles. The van der Waals surface area contributed by atoms with Gasteiger partial charge in [0.2, 0.25) is 5.76 Å². The summed E-state index contributed by atoms with van der Waals surface area (Å²) in [5.41, 5.74) is 1.18. The number of halogens is 1. The first kappa shape index (κ1) is 14.1. The van der Waals surface area contributed by atoms with E-state index < -0.39 is 5.97 Å². The molecule has 0 saturated heterocycles. The van der Waals surface area contributed by atoms with Gasteiger partial charge in [0.25, 0.3) is 5.91 Å². The van der Waals surface area contributed by atoms with Gasteiger partial charge in [-0.1, -0.05) is 23.7 Å². The zero-order chi connectivity index (χ0) is 14.7. The zero-order valence-electron chi connectivity index (χ0n) is 10.6. The molecule has 1 aromatic carbocycles. The van der Waals surface area contributed by atoms with Crippen LogP contribution in [-0.2, 0) is 6.54 Å². The third-order valence-corrected chi connectivity index (χ3v) is 3.23. The van der Waals surface area contributed by atoms with Crippen molar-refractivity contribution in [3.8, 4) is 0 Å². The van der Waals surface area contributed by atoms with Crippen LogP contribution in [0.3, 0.4) is 0 Å². The molecule has 0 aliphatic heterocycles. The maximum Gasteiger partial charge on any atom is 0.371 e. The molecular formula is C14H12ClNO4. The Labute approximate surface area is 120 Å². The lowest BCUT2D eigenvalue weighted by Crippen LogP contribution is -2.23. The molecule has 0 fully saturated rings.